The number of aromatic nitrogens is 1. The van der Waals surface area contributed by atoms with Gasteiger partial charge in [-0.05, 0) is 44.5 Å². The van der Waals surface area contributed by atoms with Crippen LogP contribution >= 0.6 is 0 Å². The number of anilines is 1. The molecule has 0 radical (unpaired) electrons. The van der Waals surface area contributed by atoms with Crippen molar-refractivity contribution in [1.29, 1.82) is 0 Å². The van der Waals surface area contributed by atoms with E-state index in [1.165, 1.54) is 12.8 Å². The molecule has 20 heavy (non-hydrogen) atoms. The zero-order chi connectivity index (χ0) is 14.2. The smallest absolute Gasteiger partial charge is 0.270 e. The Kier molecular flexibility index (Phi) is 5.80. The summed E-state index contributed by atoms with van der Waals surface area (Å²) in [6.07, 6.45) is 3.59. The van der Waals surface area contributed by atoms with Crippen LogP contribution in [0, 0.1) is 0 Å². The van der Waals surface area contributed by atoms with Gasteiger partial charge in [-0.25, -0.2) is 4.98 Å². The molecule has 1 aliphatic rings. The van der Waals surface area contributed by atoms with Crippen molar-refractivity contribution in [2.45, 2.75) is 26.2 Å². The molecule has 0 spiro atoms. The van der Waals surface area contributed by atoms with Crippen molar-refractivity contribution in [3.05, 3.63) is 23.9 Å². The minimum atomic E-state index is -0.0932. The average molecular weight is 276 g/mol. The molecule has 1 aliphatic heterocycles. The third-order valence-corrected chi connectivity index (χ3v) is 3.45. The number of hydrogen-bond donors (Lipinski definition) is 2. The summed E-state index contributed by atoms with van der Waals surface area (Å²) in [5, 5.41) is 6.13. The van der Waals surface area contributed by atoms with Crippen LogP contribution in [0.5, 0.6) is 0 Å². The van der Waals surface area contributed by atoms with Crippen molar-refractivity contribution < 1.29 is 4.79 Å². The fourth-order valence-corrected chi connectivity index (χ4v) is 2.34. The Morgan fingerprint density at radius 1 is 1.30 bits per heavy atom. The van der Waals surface area contributed by atoms with Crippen LogP contribution in [0.15, 0.2) is 18.2 Å². The number of amides is 1. The predicted molar refractivity (Wildman–Crippen MR) is 81.0 cm³/mol. The zero-order valence-electron chi connectivity index (χ0n) is 12.2. The number of hydrogen-bond acceptors (Lipinski definition) is 4. The van der Waals surface area contributed by atoms with Gasteiger partial charge >= 0.3 is 0 Å². The Bertz CT molecular complexity index is 430. The molecule has 0 saturated carbocycles. The summed E-state index contributed by atoms with van der Waals surface area (Å²) < 4.78 is 0. The number of nitrogens with zero attached hydrogens (tertiary/aromatic N) is 2. The van der Waals surface area contributed by atoms with E-state index in [1.54, 1.807) is 6.07 Å². The predicted octanol–water partition coefficient (Wildman–Crippen LogP) is 1.73. The fraction of sp³-hybridized carbons (Fsp3) is 0.600. The van der Waals surface area contributed by atoms with Gasteiger partial charge in [0.1, 0.15) is 11.5 Å². The van der Waals surface area contributed by atoms with Gasteiger partial charge in [0.25, 0.3) is 5.91 Å². The van der Waals surface area contributed by atoms with Gasteiger partial charge in [0, 0.05) is 19.6 Å². The molecule has 1 fully saturated rings. The lowest BCUT2D eigenvalue weighted by Crippen LogP contribution is -2.33. The highest BCUT2D eigenvalue weighted by Gasteiger charge is 2.12. The first-order chi connectivity index (χ1) is 9.79. The molecule has 2 heterocycles. The van der Waals surface area contributed by atoms with Crippen molar-refractivity contribution in [1.82, 2.24) is 15.2 Å². The minimum Gasteiger partial charge on any atom is -0.370 e. The third-order valence-electron chi connectivity index (χ3n) is 3.45. The first-order valence-corrected chi connectivity index (χ1v) is 7.51. The van der Waals surface area contributed by atoms with Gasteiger partial charge < -0.3 is 15.5 Å². The van der Waals surface area contributed by atoms with E-state index < -0.39 is 0 Å². The van der Waals surface area contributed by atoms with Crippen LogP contribution in [0.1, 0.15) is 36.7 Å². The number of nitrogens with one attached hydrogen (secondary N) is 2. The second kappa shape index (κ2) is 7.85. The molecule has 0 unspecified atom stereocenters. The summed E-state index contributed by atoms with van der Waals surface area (Å²) in [6, 6.07) is 5.50. The molecular formula is C15H24N4O. The van der Waals surface area contributed by atoms with E-state index in [4.69, 9.17) is 0 Å². The highest BCUT2D eigenvalue weighted by molar-refractivity contribution is 5.92. The average Bonchev–Trinajstić information content (AvgIpc) is 2.98. The van der Waals surface area contributed by atoms with Gasteiger partial charge in [0.15, 0.2) is 0 Å². The molecule has 0 aliphatic carbocycles. The van der Waals surface area contributed by atoms with E-state index in [1.807, 2.05) is 12.1 Å². The second-order valence-corrected chi connectivity index (χ2v) is 5.14. The second-order valence-electron chi connectivity index (χ2n) is 5.14. The molecule has 0 aromatic carbocycles. The Morgan fingerprint density at radius 3 is 2.85 bits per heavy atom. The van der Waals surface area contributed by atoms with Crippen molar-refractivity contribution in [2.24, 2.45) is 0 Å². The zero-order valence-corrected chi connectivity index (χ0v) is 12.2. The summed E-state index contributed by atoms with van der Waals surface area (Å²) in [5.41, 5.74) is 0.479. The summed E-state index contributed by atoms with van der Waals surface area (Å²) in [5.74, 6) is 0.670. The van der Waals surface area contributed by atoms with Crippen LogP contribution in [0.2, 0.25) is 0 Å². The first-order valence-electron chi connectivity index (χ1n) is 7.51. The monoisotopic (exact) mass is 276 g/mol. The topological polar surface area (TPSA) is 57.3 Å². The summed E-state index contributed by atoms with van der Waals surface area (Å²) >= 11 is 0. The summed E-state index contributed by atoms with van der Waals surface area (Å²) in [7, 11) is 0. The van der Waals surface area contributed by atoms with Crippen molar-refractivity contribution >= 4 is 11.7 Å². The van der Waals surface area contributed by atoms with Crippen LogP contribution in [0.4, 0.5) is 5.82 Å². The standard InChI is InChI=1S/C15H24N4O/c1-2-8-16-14-7-5-6-13(18-14)15(20)17-9-12-19-10-3-4-11-19/h5-7H,2-4,8-12H2,1H3,(H,16,18)(H,17,20). The van der Waals surface area contributed by atoms with E-state index in [9.17, 15) is 4.79 Å². The fourth-order valence-electron chi connectivity index (χ4n) is 2.34. The van der Waals surface area contributed by atoms with E-state index in [0.717, 1.165) is 38.4 Å². The van der Waals surface area contributed by atoms with Crippen LogP contribution in [-0.4, -0.2) is 48.5 Å². The highest BCUT2D eigenvalue weighted by atomic mass is 16.1. The molecule has 5 nitrogen and oxygen atoms in total. The Labute approximate surface area is 120 Å². The molecule has 1 aromatic rings. The lowest BCUT2D eigenvalue weighted by molar-refractivity contribution is 0.0945. The number of carbonyl (C=O) groups excluding carboxylic acids is 1. The molecular weight excluding hydrogens is 252 g/mol. The molecule has 2 N–H and O–H groups in total. The first kappa shape index (κ1) is 14.8. The largest absolute Gasteiger partial charge is 0.370 e. The normalized spacial score (nSPS) is 15.2. The maximum atomic E-state index is 12.0. The van der Waals surface area contributed by atoms with Crippen LogP contribution in [0.3, 0.4) is 0 Å². The maximum absolute atomic E-state index is 12.0. The van der Waals surface area contributed by atoms with Gasteiger partial charge in [0.2, 0.25) is 0 Å². The third kappa shape index (κ3) is 4.49. The lowest BCUT2D eigenvalue weighted by Gasteiger charge is -2.14. The van der Waals surface area contributed by atoms with Crippen LogP contribution in [-0.2, 0) is 0 Å². The number of likely N-dealkylation sites (tertiary alicyclic amines) is 1. The molecule has 2 rings (SSSR count). The number of pyridine rings is 1. The van der Waals surface area contributed by atoms with Gasteiger partial charge in [0.05, 0.1) is 0 Å². The number of carbonyl (C=O) groups is 1. The van der Waals surface area contributed by atoms with E-state index >= 15 is 0 Å². The van der Waals surface area contributed by atoms with Crippen molar-refractivity contribution in [3.8, 4) is 0 Å². The molecule has 110 valence electrons. The van der Waals surface area contributed by atoms with Crippen molar-refractivity contribution in [2.75, 3.05) is 38.0 Å². The van der Waals surface area contributed by atoms with Crippen molar-refractivity contribution in [3.63, 3.8) is 0 Å². The van der Waals surface area contributed by atoms with Gasteiger partial charge in [-0.2, -0.15) is 0 Å². The van der Waals surface area contributed by atoms with Crippen LogP contribution < -0.4 is 10.6 Å². The van der Waals surface area contributed by atoms with E-state index in [-0.39, 0.29) is 5.91 Å². The van der Waals surface area contributed by atoms with E-state index in [2.05, 4.69) is 27.4 Å². The Balaban J connectivity index is 1.78. The van der Waals surface area contributed by atoms with Gasteiger partial charge in [-0.3, -0.25) is 4.79 Å². The summed E-state index contributed by atoms with van der Waals surface area (Å²) in [6.45, 7) is 6.90. The van der Waals surface area contributed by atoms with E-state index in [0.29, 0.717) is 12.2 Å². The van der Waals surface area contributed by atoms with Crippen LogP contribution in [0.25, 0.3) is 0 Å². The molecule has 1 amide bonds. The quantitative estimate of drug-likeness (QED) is 0.796. The van der Waals surface area contributed by atoms with Gasteiger partial charge in [-0.15, -0.1) is 0 Å². The Morgan fingerprint density at radius 2 is 2.10 bits per heavy atom. The molecule has 0 atom stereocenters. The number of rotatable bonds is 7. The Hall–Kier alpha value is -1.62. The highest BCUT2D eigenvalue weighted by Crippen LogP contribution is 2.06. The van der Waals surface area contributed by atoms with Gasteiger partial charge in [-0.1, -0.05) is 13.0 Å². The SMILES string of the molecule is CCCNc1cccc(C(=O)NCCN2CCCC2)n1. The minimum absolute atomic E-state index is 0.0932. The molecule has 5 heteroatoms. The molecule has 1 aromatic heterocycles. The molecule has 0 bridgehead atoms. The lowest BCUT2D eigenvalue weighted by atomic mass is 10.3. The summed E-state index contributed by atoms with van der Waals surface area (Å²) in [4.78, 5) is 18.7. The molecule has 1 saturated heterocycles. The maximum Gasteiger partial charge on any atom is 0.270 e.